The van der Waals surface area contributed by atoms with Crippen molar-refractivity contribution in [2.24, 2.45) is 0 Å². The van der Waals surface area contributed by atoms with Crippen LogP contribution in [-0.4, -0.2) is 10.9 Å². The molecule has 1 aliphatic carbocycles. The minimum atomic E-state index is -0.128. The quantitative estimate of drug-likeness (QED) is 0.879. The molecule has 3 rings (SSSR count). The molecule has 0 radical (unpaired) electrons. The fourth-order valence-electron chi connectivity index (χ4n) is 2.54. The summed E-state index contributed by atoms with van der Waals surface area (Å²) in [4.78, 5) is 16.3. The number of nitrogens with zero attached hydrogens (tertiary/aromatic N) is 1. The summed E-state index contributed by atoms with van der Waals surface area (Å²) in [5, 5.41) is 2.81. The number of aryl methyl sites for hydroxylation is 3. The maximum atomic E-state index is 12.2. The first-order valence-corrected chi connectivity index (χ1v) is 6.79. The van der Waals surface area contributed by atoms with E-state index in [4.69, 9.17) is 5.73 Å². The Hall–Kier alpha value is -2.36. The zero-order chi connectivity index (χ0) is 14.1. The molecule has 0 saturated heterocycles. The number of pyridine rings is 1. The monoisotopic (exact) mass is 267 g/mol. The van der Waals surface area contributed by atoms with Gasteiger partial charge in [-0.15, -0.1) is 0 Å². The number of carbonyl (C=O) groups excluding carboxylic acids is 1. The Labute approximate surface area is 118 Å². The average Bonchev–Trinajstić information content (AvgIpc) is 2.90. The van der Waals surface area contributed by atoms with Crippen molar-refractivity contribution in [2.75, 3.05) is 11.1 Å². The van der Waals surface area contributed by atoms with Gasteiger partial charge in [0, 0.05) is 5.56 Å². The molecule has 20 heavy (non-hydrogen) atoms. The minimum absolute atomic E-state index is 0.128. The summed E-state index contributed by atoms with van der Waals surface area (Å²) < 4.78 is 0. The minimum Gasteiger partial charge on any atom is -0.397 e. The van der Waals surface area contributed by atoms with Crippen LogP contribution >= 0.6 is 0 Å². The lowest BCUT2D eigenvalue weighted by atomic mass is 10.1. The van der Waals surface area contributed by atoms with Gasteiger partial charge in [0.15, 0.2) is 0 Å². The molecule has 0 spiro atoms. The number of fused-ring (bicyclic) bond motifs is 1. The van der Waals surface area contributed by atoms with Gasteiger partial charge in [0.25, 0.3) is 5.91 Å². The second kappa shape index (κ2) is 4.96. The molecular formula is C16H17N3O. The zero-order valence-corrected chi connectivity index (χ0v) is 11.4. The molecule has 1 aliphatic rings. The Morgan fingerprint density at radius 1 is 1.25 bits per heavy atom. The molecule has 1 aromatic carbocycles. The van der Waals surface area contributed by atoms with Gasteiger partial charge in [-0.05, 0) is 61.1 Å². The first kappa shape index (κ1) is 12.7. The number of hydrogen-bond acceptors (Lipinski definition) is 3. The number of carbonyl (C=O) groups is 1. The number of hydrogen-bond donors (Lipinski definition) is 2. The van der Waals surface area contributed by atoms with Gasteiger partial charge in [-0.1, -0.05) is 6.07 Å². The van der Waals surface area contributed by atoms with Crippen LogP contribution in [0.5, 0.6) is 0 Å². The molecule has 0 fully saturated rings. The van der Waals surface area contributed by atoms with Gasteiger partial charge in [-0.2, -0.15) is 0 Å². The number of amides is 1. The van der Waals surface area contributed by atoms with Crippen LogP contribution in [0.4, 0.5) is 11.5 Å². The highest BCUT2D eigenvalue weighted by molar-refractivity contribution is 6.04. The Morgan fingerprint density at radius 2 is 2.05 bits per heavy atom. The average molecular weight is 267 g/mol. The SMILES string of the molecule is Cc1cc(NC(=O)c2ccc3c(c2)CCC3)ncc1N. The molecule has 4 nitrogen and oxygen atoms in total. The van der Waals surface area contributed by atoms with E-state index in [9.17, 15) is 4.79 Å². The topological polar surface area (TPSA) is 68.0 Å². The van der Waals surface area contributed by atoms with Gasteiger partial charge >= 0.3 is 0 Å². The first-order valence-electron chi connectivity index (χ1n) is 6.79. The van der Waals surface area contributed by atoms with E-state index in [1.807, 2.05) is 19.1 Å². The van der Waals surface area contributed by atoms with E-state index in [0.717, 1.165) is 18.4 Å². The van der Waals surface area contributed by atoms with Crippen molar-refractivity contribution in [1.82, 2.24) is 4.98 Å². The third kappa shape index (κ3) is 2.37. The van der Waals surface area contributed by atoms with Crippen LogP contribution < -0.4 is 11.1 Å². The molecule has 2 aromatic rings. The van der Waals surface area contributed by atoms with E-state index in [0.29, 0.717) is 17.1 Å². The summed E-state index contributed by atoms with van der Waals surface area (Å²) in [7, 11) is 0. The van der Waals surface area contributed by atoms with Crippen molar-refractivity contribution < 1.29 is 4.79 Å². The van der Waals surface area contributed by atoms with Gasteiger partial charge < -0.3 is 11.1 Å². The number of nitrogens with two attached hydrogens (primary N) is 1. The molecule has 4 heteroatoms. The standard InChI is InChI=1S/C16H17N3O/c1-10-7-15(18-9-14(10)17)19-16(20)13-6-5-11-3-2-4-12(11)8-13/h5-9H,2-4,17H2,1H3,(H,18,19,20). The maximum Gasteiger partial charge on any atom is 0.256 e. The molecule has 0 unspecified atom stereocenters. The van der Waals surface area contributed by atoms with Crippen LogP contribution in [-0.2, 0) is 12.8 Å². The Kier molecular flexibility index (Phi) is 3.14. The highest BCUT2D eigenvalue weighted by Gasteiger charge is 2.14. The molecule has 102 valence electrons. The molecule has 0 atom stereocenters. The summed E-state index contributed by atoms with van der Waals surface area (Å²) in [5.41, 5.74) is 10.6. The lowest BCUT2D eigenvalue weighted by Gasteiger charge is -2.08. The number of rotatable bonds is 2. The van der Waals surface area contributed by atoms with Crippen LogP contribution in [0, 0.1) is 6.92 Å². The van der Waals surface area contributed by atoms with E-state index >= 15 is 0 Å². The highest BCUT2D eigenvalue weighted by Crippen LogP contribution is 2.23. The van der Waals surface area contributed by atoms with Gasteiger partial charge in [0.05, 0.1) is 11.9 Å². The van der Waals surface area contributed by atoms with Crippen molar-refractivity contribution in [3.8, 4) is 0 Å². The summed E-state index contributed by atoms with van der Waals surface area (Å²) in [5.74, 6) is 0.401. The van der Waals surface area contributed by atoms with E-state index in [1.54, 1.807) is 12.3 Å². The molecule has 1 amide bonds. The van der Waals surface area contributed by atoms with Crippen molar-refractivity contribution in [3.05, 3.63) is 52.7 Å². The van der Waals surface area contributed by atoms with E-state index in [2.05, 4.69) is 16.4 Å². The van der Waals surface area contributed by atoms with Crippen molar-refractivity contribution >= 4 is 17.4 Å². The van der Waals surface area contributed by atoms with Gasteiger partial charge in [-0.25, -0.2) is 4.98 Å². The first-order chi connectivity index (χ1) is 9.63. The van der Waals surface area contributed by atoms with Crippen molar-refractivity contribution in [1.29, 1.82) is 0 Å². The lowest BCUT2D eigenvalue weighted by Crippen LogP contribution is -2.13. The molecular weight excluding hydrogens is 250 g/mol. The smallest absolute Gasteiger partial charge is 0.256 e. The Morgan fingerprint density at radius 3 is 2.85 bits per heavy atom. The largest absolute Gasteiger partial charge is 0.397 e. The molecule has 3 N–H and O–H groups in total. The van der Waals surface area contributed by atoms with Crippen LogP contribution in [0.2, 0.25) is 0 Å². The third-order valence-corrected chi connectivity index (χ3v) is 3.75. The highest BCUT2D eigenvalue weighted by atomic mass is 16.1. The van der Waals surface area contributed by atoms with E-state index < -0.39 is 0 Å². The molecule has 1 heterocycles. The van der Waals surface area contributed by atoms with Gasteiger partial charge in [-0.3, -0.25) is 4.79 Å². The van der Waals surface area contributed by atoms with E-state index in [-0.39, 0.29) is 5.91 Å². The van der Waals surface area contributed by atoms with Gasteiger partial charge in [0.1, 0.15) is 5.82 Å². The van der Waals surface area contributed by atoms with Crippen molar-refractivity contribution in [3.63, 3.8) is 0 Å². The van der Waals surface area contributed by atoms with Crippen LogP contribution in [0.25, 0.3) is 0 Å². The molecule has 1 aromatic heterocycles. The maximum absolute atomic E-state index is 12.2. The number of nitrogens with one attached hydrogen (secondary N) is 1. The molecule has 0 aliphatic heterocycles. The van der Waals surface area contributed by atoms with Crippen LogP contribution in [0.3, 0.4) is 0 Å². The normalized spacial score (nSPS) is 13.1. The number of anilines is 2. The fraction of sp³-hybridized carbons (Fsp3) is 0.250. The van der Waals surface area contributed by atoms with Crippen LogP contribution in [0.15, 0.2) is 30.5 Å². The second-order valence-electron chi connectivity index (χ2n) is 5.22. The zero-order valence-electron chi connectivity index (χ0n) is 11.4. The summed E-state index contributed by atoms with van der Waals surface area (Å²) >= 11 is 0. The van der Waals surface area contributed by atoms with Crippen LogP contribution in [0.1, 0.15) is 33.5 Å². The van der Waals surface area contributed by atoms with Crippen molar-refractivity contribution in [2.45, 2.75) is 26.2 Å². The summed E-state index contributed by atoms with van der Waals surface area (Å²) in [6.07, 6.45) is 4.93. The number of benzene rings is 1. The Bertz CT molecular complexity index is 679. The lowest BCUT2D eigenvalue weighted by molar-refractivity contribution is 0.102. The molecule has 0 saturated carbocycles. The number of aromatic nitrogens is 1. The fourth-order valence-corrected chi connectivity index (χ4v) is 2.54. The van der Waals surface area contributed by atoms with E-state index in [1.165, 1.54) is 17.5 Å². The molecule has 0 bridgehead atoms. The Balaban J connectivity index is 1.80. The summed E-state index contributed by atoms with van der Waals surface area (Å²) in [6, 6.07) is 7.70. The van der Waals surface area contributed by atoms with Gasteiger partial charge in [0.2, 0.25) is 0 Å². The second-order valence-corrected chi connectivity index (χ2v) is 5.22. The predicted octanol–water partition coefficient (Wildman–Crippen LogP) is 2.71. The summed E-state index contributed by atoms with van der Waals surface area (Å²) in [6.45, 7) is 1.89. The predicted molar refractivity (Wildman–Crippen MR) is 79.8 cm³/mol. The number of nitrogen functional groups attached to an aromatic ring is 1. The third-order valence-electron chi connectivity index (χ3n) is 3.75.